The van der Waals surface area contributed by atoms with Crippen molar-refractivity contribution in [3.63, 3.8) is 0 Å². The van der Waals surface area contributed by atoms with Crippen LogP contribution in [0.5, 0.6) is 0 Å². The number of hydrogen-bond donors (Lipinski definition) is 1. The standard InChI is InChI=1S/C9H17NO4S/c1-3-7(8(11)14-4-2)9(10)5-15(12,13)6-9/h7H,3-6,10H2,1-2H3. The Kier molecular flexibility index (Phi) is 3.40. The fourth-order valence-electron chi connectivity index (χ4n) is 2.03. The van der Waals surface area contributed by atoms with Gasteiger partial charge < -0.3 is 10.5 Å². The number of carbonyl (C=O) groups is 1. The quantitative estimate of drug-likeness (QED) is 0.676. The zero-order chi connectivity index (χ0) is 11.7. The van der Waals surface area contributed by atoms with Crippen molar-refractivity contribution in [3.8, 4) is 0 Å². The maximum atomic E-state index is 11.5. The molecule has 1 fully saturated rings. The van der Waals surface area contributed by atoms with Gasteiger partial charge in [-0.2, -0.15) is 0 Å². The molecule has 0 aromatic rings. The summed E-state index contributed by atoms with van der Waals surface area (Å²) in [5.74, 6) is -1.13. The summed E-state index contributed by atoms with van der Waals surface area (Å²) in [5.41, 5.74) is 4.97. The summed E-state index contributed by atoms with van der Waals surface area (Å²) < 4.78 is 27.0. The Bertz CT molecular complexity index is 337. The van der Waals surface area contributed by atoms with Crippen LogP contribution in [0, 0.1) is 5.92 Å². The minimum atomic E-state index is -3.03. The van der Waals surface area contributed by atoms with Crippen LogP contribution in [-0.2, 0) is 19.4 Å². The third-order valence-corrected chi connectivity index (χ3v) is 4.61. The molecule has 0 spiro atoms. The fraction of sp³-hybridized carbons (Fsp3) is 0.889. The van der Waals surface area contributed by atoms with E-state index in [1.807, 2.05) is 0 Å². The summed E-state index contributed by atoms with van der Waals surface area (Å²) in [7, 11) is -3.03. The first-order chi connectivity index (χ1) is 6.84. The Morgan fingerprint density at radius 3 is 2.33 bits per heavy atom. The van der Waals surface area contributed by atoms with Crippen LogP contribution in [0.15, 0.2) is 0 Å². The molecule has 1 heterocycles. The number of ether oxygens (including phenoxy) is 1. The molecule has 1 saturated heterocycles. The van der Waals surface area contributed by atoms with Gasteiger partial charge in [-0.3, -0.25) is 4.79 Å². The Balaban J connectivity index is 2.72. The van der Waals surface area contributed by atoms with Gasteiger partial charge in [-0.15, -0.1) is 0 Å². The molecule has 1 rings (SSSR count). The van der Waals surface area contributed by atoms with Gasteiger partial charge in [0.2, 0.25) is 0 Å². The van der Waals surface area contributed by atoms with Crippen molar-refractivity contribution in [1.82, 2.24) is 0 Å². The lowest BCUT2D eigenvalue weighted by Gasteiger charge is -2.42. The third-order valence-electron chi connectivity index (χ3n) is 2.65. The predicted molar refractivity (Wildman–Crippen MR) is 56.0 cm³/mol. The van der Waals surface area contributed by atoms with Gasteiger partial charge in [-0.05, 0) is 13.3 Å². The molecule has 0 aromatic heterocycles. The molecule has 0 radical (unpaired) electrons. The van der Waals surface area contributed by atoms with Crippen LogP contribution < -0.4 is 5.73 Å². The van der Waals surface area contributed by atoms with Crippen molar-refractivity contribution in [2.45, 2.75) is 25.8 Å². The highest BCUT2D eigenvalue weighted by Gasteiger charge is 2.53. The average Bonchev–Trinajstić information content (AvgIpc) is 2.01. The van der Waals surface area contributed by atoms with Gasteiger partial charge in [-0.25, -0.2) is 8.42 Å². The maximum Gasteiger partial charge on any atom is 0.310 e. The maximum absolute atomic E-state index is 11.5. The van der Waals surface area contributed by atoms with Crippen LogP contribution in [0.2, 0.25) is 0 Å². The van der Waals surface area contributed by atoms with E-state index in [0.717, 1.165) is 0 Å². The molecule has 5 nitrogen and oxygen atoms in total. The first kappa shape index (κ1) is 12.4. The van der Waals surface area contributed by atoms with Gasteiger partial charge in [0.25, 0.3) is 0 Å². The molecule has 0 saturated carbocycles. The van der Waals surface area contributed by atoms with Crippen molar-refractivity contribution in [2.24, 2.45) is 11.7 Å². The van der Waals surface area contributed by atoms with Crippen LogP contribution in [0.4, 0.5) is 0 Å². The van der Waals surface area contributed by atoms with E-state index in [2.05, 4.69) is 0 Å². The second-order valence-electron chi connectivity index (χ2n) is 3.98. The summed E-state index contributed by atoms with van der Waals surface area (Å²) in [5, 5.41) is 0. The van der Waals surface area contributed by atoms with Gasteiger partial charge in [0.05, 0.1) is 29.6 Å². The minimum Gasteiger partial charge on any atom is -0.466 e. The first-order valence-electron chi connectivity index (χ1n) is 5.00. The highest BCUT2D eigenvalue weighted by Crippen LogP contribution is 2.31. The Morgan fingerprint density at radius 2 is 2.00 bits per heavy atom. The molecule has 1 atom stereocenters. The first-order valence-corrected chi connectivity index (χ1v) is 6.82. The Hall–Kier alpha value is -0.620. The summed E-state index contributed by atoms with van der Waals surface area (Å²) >= 11 is 0. The highest BCUT2D eigenvalue weighted by molar-refractivity contribution is 7.93. The highest BCUT2D eigenvalue weighted by atomic mass is 32.2. The molecule has 0 bridgehead atoms. The molecular weight excluding hydrogens is 218 g/mol. The minimum absolute atomic E-state index is 0.114. The van der Waals surface area contributed by atoms with Gasteiger partial charge in [-0.1, -0.05) is 6.92 Å². The largest absolute Gasteiger partial charge is 0.466 e. The number of rotatable bonds is 4. The van der Waals surface area contributed by atoms with Crippen molar-refractivity contribution in [2.75, 3.05) is 18.1 Å². The SMILES string of the molecule is CCOC(=O)C(CC)C1(N)CS(=O)(=O)C1. The van der Waals surface area contributed by atoms with Crippen molar-refractivity contribution < 1.29 is 17.9 Å². The second kappa shape index (κ2) is 4.09. The van der Waals surface area contributed by atoms with E-state index < -0.39 is 27.3 Å². The van der Waals surface area contributed by atoms with Gasteiger partial charge in [0.1, 0.15) is 0 Å². The summed E-state index contributed by atoms with van der Waals surface area (Å²) in [6.07, 6.45) is 0.505. The topological polar surface area (TPSA) is 86.5 Å². The molecule has 88 valence electrons. The molecule has 0 aliphatic carbocycles. The van der Waals surface area contributed by atoms with Gasteiger partial charge in [0, 0.05) is 0 Å². The van der Waals surface area contributed by atoms with E-state index in [1.165, 1.54) is 0 Å². The molecule has 0 amide bonds. The smallest absolute Gasteiger partial charge is 0.310 e. The Labute approximate surface area is 89.9 Å². The predicted octanol–water partition coefficient (Wildman–Crippen LogP) is -0.298. The molecular formula is C9H17NO4S. The molecule has 6 heteroatoms. The van der Waals surface area contributed by atoms with Crippen LogP contribution in [0.25, 0.3) is 0 Å². The van der Waals surface area contributed by atoms with Crippen LogP contribution in [0.3, 0.4) is 0 Å². The number of esters is 1. The van der Waals surface area contributed by atoms with Gasteiger partial charge in [0.15, 0.2) is 9.84 Å². The van der Waals surface area contributed by atoms with E-state index >= 15 is 0 Å². The lowest BCUT2D eigenvalue weighted by atomic mass is 9.85. The summed E-state index contributed by atoms with van der Waals surface area (Å²) in [4.78, 5) is 11.5. The lowest BCUT2D eigenvalue weighted by Crippen LogP contribution is -2.67. The van der Waals surface area contributed by atoms with E-state index in [4.69, 9.17) is 10.5 Å². The van der Waals surface area contributed by atoms with E-state index in [1.54, 1.807) is 13.8 Å². The van der Waals surface area contributed by atoms with Crippen molar-refractivity contribution in [1.29, 1.82) is 0 Å². The van der Waals surface area contributed by atoms with E-state index in [-0.39, 0.29) is 18.1 Å². The van der Waals surface area contributed by atoms with Crippen LogP contribution >= 0.6 is 0 Å². The summed E-state index contributed by atoms with van der Waals surface area (Å²) in [6, 6.07) is 0. The van der Waals surface area contributed by atoms with Crippen molar-refractivity contribution in [3.05, 3.63) is 0 Å². The average molecular weight is 235 g/mol. The molecule has 15 heavy (non-hydrogen) atoms. The second-order valence-corrected chi connectivity index (χ2v) is 6.04. The molecule has 1 unspecified atom stereocenters. The molecule has 1 aliphatic rings. The number of hydrogen-bond acceptors (Lipinski definition) is 5. The van der Waals surface area contributed by atoms with Crippen LogP contribution in [0.1, 0.15) is 20.3 Å². The van der Waals surface area contributed by atoms with E-state index in [0.29, 0.717) is 6.42 Å². The van der Waals surface area contributed by atoms with Crippen molar-refractivity contribution >= 4 is 15.8 Å². The molecule has 1 aliphatic heterocycles. The fourth-order valence-corrected chi connectivity index (χ4v) is 3.98. The van der Waals surface area contributed by atoms with E-state index in [9.17, 15) is 13.2 Å². The third kappa shape index (κ3) is 2.49. The zero-order valence-corrected chi connectivity index (χ0v) is 9.84. The normalized spacial score (nSPS) is 23.9. The molecule has 2 N–H and O–H groups in total. The molecule has 0 aromatic carbocycles. The monoisotopic (exact) mass is 235 g/mol. The lowest BCUT2D eigenvalue weighted by molar-refractivity contribution is -0.150. The number of sulfone groups is 1. The van der Waals surface area contributed by atoms with Crippen LogP contribution in [-0.4, -0.2) is 38.0 Å². The number of carbonyl (C=O) groups excluding carboxylic acids is 1. The number of nitrogens with two attached hydrogens (primary N) is 1. The zero-order valence-electron chi connectivity index (χ0n) is 9.02. The van der Waals surface area contributed by atoms with Gasteiger partial charge >= 0.3 is 5.97 Å². The Morgan fingerprint density at radius 1 is 1.47 bits per heavy atom. The summed E-state index contributed by atoms with van der Waals surface area (Å²) in [6.45, 7) is 3.81.